The van der Waals surface area contributed by atoms with Crippen LogP contribution >= 0.6 is 0 Å². The molecule has 2 nitrogen and oxygen atoms in total. The summed E-state index contributed by atoms with van der Waals surface area (Å²) in [4.78, 5) is 0. The molecule has 2 unspecified atom stereocenters. The van der Waals surface area contributed by atoms with E-state index in [2.05, 4.69) is 9.47 Å². The Labute approximate surface area is 119 Å². The Morgan fingerprint density at radius 3 is 1.48 bits per heavy atom. The Morgan fingerprint density at radius 1 is 0.810 bits per heavy atom. The molecule has 1 heterocycles. The fourth-order valence-corrected chi connectivity index (χ4v) is 2.14. The predicted octanol–water partition coefficient (Wildman–Crippen LogP) is 5.03. The van der Waals surface area contributed by atoms with Crippen LogP contribution in [0.1, 0.15) is 48.0 Å². The Hall–Kier alpha value is -0.500. The van der Waals surface area contributed by atoms with Gasteiger partial charge in [0.1, 0.15) is 0 Å². The van der Waals surface area contributed by atoms with E-state index in [0.717, 1.165) is 0 Å². The van der Waals surface area contributed by atoms with Crippen LogP contribution in [-0.2, 0) is 9.47 Å². The lowest BCUT2D eigenvalue weighted by Gasteiger charge is -2.43. The van der Waals surface area contributed by atoms with Gasteiger partial charge in [0.2, 0.25) is 0 Å². The molecular weight excluding hydrogens is 302 g/mol. The van der Waals surface area contributed by atoms with Crippen molar-refractivity contribution in [1.29, 1.82) is 0 Å². The molecule has 0 aromatic rings. The molecule has 2 atom stereocenters. The molecule has 0 amide bonds. The first kappa shape index (κ1) is 18.5. The summed E-state index contributed by atoms with van der Waals surface area (Å²) in [5.74, 6) is -7.57. The number of hydrogen-bond acceptors (Lipinski definition) is 2. The lowest BCUT2D eigenvalue weighted by atomic mass is 9.75. The average Bonchev–Trinajstić information content (AvgIpc) is 2.29. The highest BCUT2D eigenvalue weighted by Gasteiger charge is 2.83. The molecule has 0 saturated carbocycles. The maximum Gasteiger partial charge on any atom is 0.458 e. The Bertz CT molecular complexity index is 406. The van der Waals surface area contributed by atoms with Gasteiger partial charge in [-0.2, -0.15) is 26.3 Å². The first-order valence-electron chi connectivity index (χ1n) is 6.41. The molecule has 0 N–H and O–H groups in total. The summed E-state index contributed by atoms with van der Waals surface area (Å²) in [6.45, 7) is 8.90. The van der Waals surface area contributed by atoms with Crippen molar-refractivity contribution in [3.05, 3.63) is 0 Å². The maximum atomic E-state index is 14.0. The number of rotatable bonds is 1. The van der Waals surface area contributed by atoms with Gasteiger partial charge in [-0.1, -0.05) is 41.5 Å². The van der Waals surface area contributed by atoms with Crippen LogP contribution in [0.3, 0.4) is 0 Å². The highest BCUT2D eigenvalue weighted by molar-refractivity contribution is 5.01. The van der Waals surface area contributed by atoms with E-state index in [1.807, 2.05) is 0 Å². The van der Waals surface area contributed by atoms with E-state index in [0.29, 0.717) is 0 Å². The van der Waals surface area contributed by atoms with Gasteiger partial charge < -0.3 is 0 Å². The van der Waals surface area contributed by atoms with E-state index < -0.39 is 34.8 Å². The standard InChI is InChI=1S/C13H20F6O2/c1-8(2,3)7-10(9(4,5)6)20-11(14,12(15,16)17)13(18,19)21-10/h7H2,1-6H3. The van der Waals surface area contributed by atoms with Crippen molar-refractivity contribution >= 4 is 0 Å². The minimum atomic E-state index is -5.92. The van der Waals surface area contributed by atoms with E-state index in [-0.39, 0.29) is 6.42 Å². The Balaban J connectivity index is 3.40. The molecule has 0 aromatic heterocycles. The number of alkyl halides is 6. The molecule has 21 heavy (non-hydrogen) atoms. The Kier molecular flexibility index (Phi) is 3.98. The van der Waals surface area contributed by atoms with Crippen molar-refractivity contribution in [2.75, 3.05) is 0 Å². The van der Waals surface area contributed by atoms with Gasteiger partial charge in [-0.15, -0.1) is 0 Å². The molecular formula is C13H20F6O2. The smallest absolute Gasteiger partial charge is 0.299 e. The highest BCUT2D eigenvalue weighted by Crippen LogP contribution is 2.61. The van der Waals surface area contributed by atoms with Crippen LogP contribution in [0.25, 0.3) is 0 Å². The second-order valence-corrected chi connectivity index (χ2v) is 7.55. The van der Waals surface area contributed by atoms with Crippen LogP contribution in [0.2, 0.25) is 0 Å². The highest BCUT2D eigenvalue weighted by atomic mass is 19.4. The molecule has 8 heteroatoms. The van der Waals surface area contributed by atoms with Crippen molar-refractivity contribution in [3.8, 4) is 0 Å². The van der Waals surface area contributed by atoms with Crippen LogP contribution in [0.4, 0.5) is 26.3 Å². The minimum absolute atomic E-state index is 0.332. The number of ether oxygens (including phenoxy) is 2. The summed E-state index contributed by atoms with van der Waals surface area (Å²) in [5.41, 5.74) is -2.02. The summed E-state index contributed by atoms with van der Waals surface area (Å²) in [7, 11) is 0. The summed E-state index contributed by atoms with van der Waals surface area (Å²) < 4.78 is 88.1. The molecule has 1 aliphatic heterocycles. The largest absolute Gasteiger partial charge is 0.458 e. The van der Waals surface area contributed by atoms with E-state index in [4.69, 9.17) is 0 Å². The predicted molar refractivity (Wildman–Crippen MR) is 63.3 cm³/mol. The van der Waals surface area contributed by atoms with E-state index in [1.165, 1.54) is 20.8 Å². The van der Waals surface area contributed by atoms with Gasteiger partial charge in [-0.3, -0.25) is 9.47 Å². The van der Waals surface area contributed by atoms with Crippen LogP contribution in [-0.4, -0.2) is 23.9 Å². The summed E-state index contributed by atoms with van der Waals surface area (Å²) in [6.07, 6.45) is -11.4. The maximum absolute atomic E-state index is 14.0. The molecule has 1 aliphatic rings. The zero-order chi connectivity index (χ0) is 17.1. The summed E-state index contributed by atoms with van der Waals surface area (Å²) in [6, 6.07) is 0. The molecule has 0 aromatic carbocycles. The molecule has 0 radical (unpaired) electrons. The summed E-state index contributed by atoms with van der Waals surface area (Å²) in [5, 5.41) is 0. The quantitative estimate of drug-likeness (QED) is 0.630. The topological polar surface area (TPSA) is 18.5 Å². The molecule has 0 aliphatic carbocycles. The first-order chi connectivity index (χ1) is 8.87. The molecule has 126 valence electrons. The monoisotopic (exact) mass is 322 g/mol. The van der Waals surface area contributed by atoms with Gasteiger partial charge in [0, 0.05) is 11.8 Å². The Morgan fingerprint density at radius 2 is 1.24 bits per heavy atom. The zero-order valence-electron chi connectivity index (χ0n) is 12.8. The first-order valence-corrected chi connectivity index (χ1v) is 6.41. The molecule has 0 bridgehead atoms. The lowest BCUT2D eigenvalue weighted by molar-refractivity contribution is -0.395. The van der Waals surface area contributed by atoms with Crippen molar-refractivity contribution in [3.63, 3.8) is 0 Å². The van der Waals surface area contributed by atoms with Gasteiger partial charge in [0.15, 0.2) is 5.79 Å². The average molecular weight is 322 g/mol. The van der Waals surface area contributed by atoms with E-state index in [1.54, 1.807) is 20.8 Å². The van der Waals surface area contributed by atoms with Gasteiger partial charge in [-0.05, 0) is 5.41 Å². The van der Waals surface area contributed by atoms with Crippen molar-refractivity contribution in [2.24, 2.45) is 10.8 Å². The number of halogens is 6. The third-order valence-electron chi connectivity index (χ3n) is 3.24. The normalized spacial score (nSPS) is 34.3. The fourth-order valence-electron chi connectivity index (χ4n) is 2.14. The lowest BCUT2D eigenvalue weighted by Crippen LogP contribution is -2.54. The molecule has 1 fully saturated rings. The number of hydrogen-bond donors (Lipinski definition) is 0. The van der Waals surface area contributed by atoms with Crippen molar-refractivity contribution in [2.45, 2.75) is 71.9 Å². The van der Waals surface area contributed by atoms with Crippen LogP contribution < -0.4 is 0 Å². The van der Waals surface area contributed by atoms with Gasteiger partial charge in [-0.25, -0.2) is 0 Å². The third-order valence-corrected chi connectivity index (χ3v) is 3.24. The molecule has 0 spiro atoms. The van der Waals surface area contributed by atoms with Crippen LogP contribution in [0.5, 0.6) is 0 Å². The van der Waals surface area contributed by atoms with Gasteiger partial charge in [0.05, 0.1) is 0 Å². The van der Waals surface area contributed by atoms with Crippen molar-refractivity contribution < 1.29 is 35.8 Å². The molecule has 1 rings (SSSR count). The fraction of sp³-hybridized carbons (Fsp3) is 1.00. The van der Waals surface area contributed by atoms with E-state index >= 15 is 0 Å². The van der Waals surface area contributed by atoms with E-state index in [9.17, 15) is 26.3 Å². The molecule has 1 saturated heterocycles. The summed E-state index contributed by atoms with van der Waals surface area (Å²) >= 11 is 0. The third kappa shape index (κ3) is 3.02. The van der Waals surface area contributed by atoms with Crippen molar-refractivity contribution in [1.82, 2.24) is 0 Å². The second kappa shape index (κ2) is 4.50. The minimum Gasteiger partial charge on any atom is -0.299 e. The second-order valence-electron chi connectivity index (χ2n) is 7.55. The van der Waals surface area contributed by atoms with Gasteiger partial charge >= 0.3 is 18.1 Å². The zero-order valence-corrected chi connectivity index (χ0v) is 12.8. The SMILES string of the molecule is CC(C)(C)CC1(C(C)(C)C)OC(F)(F)C(F)(C(F)(F)F)O1. The van der Waals surface area contributed by atoms with Crippen LogP contribution in [0.15, 0.2) is 0 Å². The van der Waals surface area contributed by atoms with Gasteiger partial charge in [0.25, 0.3) is 0 Å². The van der Waals surface area contributed by atoms with Crippen LogP contribution in [0, 0.1) is 10.8 Å².